The second-order valence-corrected chi connectivity index (χ2v) is 5.76. The number of benzene rings is 1. The number of hydrogen-bond acceptors (Lipinski definition) is 2. The van der Waals surface area contributed by atoms with Gasteiger partial charge in [0, 0.05) is 10.6 Å². The van der Waals surface area contributed by atoms with Crippen molar-refractivity contribution in [2.24, 2.45) is 5.92 Å². The predicted molar refractivity (Wildman–Crippen MR) is 71.1 cm³/mol. The van der Waals surface area contributed by atoms with Crippen LogP contribution in [0.4, 0.5) is 5.69 Å². The van der Waals surface area contributed by atoms with Crippen LogP contribution in [0.2, 0.25) is 10.0 Å². The molecule has 1 rings (SSSR count). The lowest BCUT2D eigenvalue weighted by Gasteiger charge is -2.08. The first kappa shape index (κ1) is 13.0. The molecule has 0 unspecified atom stereocenters. The molecule has 4 heteroatoms. The molecule has 0 aromatic heterocycles. The number of hydrogen-bond donors (Lipinski definition) is 1. The molecule has 0 amide bonds. The van der Waals surface area contributed by atoms with Gasteiger partial charge in [-0.25, -0.2) is 0 Å². The van der Waals surface area contributed by atoms with Crippen molar-refractivity contribution in [3.63, 3.8) is 0 Å². The molecule has 0 radical (unpaired) electrons. The molecule has 0 spiro atoms. The minimum atomic E-state index is 0.609. The number of anilines is 1. The molecule has 1 nitrogen and oxygen atoms in total. The number of nitrogen functional groups attached to an aromatic ring is 1. The minimum Gasteiger partial charge on any atom is -0.399 e. The lowest BCUT2D eigenvalue weighted by Crippen LogP contribution is -1.91. The van der Waals surface area contributed by atoms with Crippen LogP contribution in [0.5, 0.6) is 0 Å². The Balaban J connectivity index is 2.68. The Labute approximate surface area is 105 Å². The van der Waals surface area contributed by atoms with Crippen LogP contribution in [0.15, 0.2) is 17.0 Å². The first-order valence-corrected chi connectivity index (χ1v) is 6.62. The van der Waals surface area contributed by atoms with Gasteiger partial charge in [-0.05, 0) is 30.2 Å². The summed E-state index contributed by atoms with van der Waals surface area (Å²) in [4.78, 5) is 0.938. The Morgan fingerprint density at radius 3 is 2.27 bits per heavy atom. The molecule has 1 aromatic carbocycles. The van der Waals surface area contributed by atoms with E-state index in [0.717, 1.165) is 17.1 Å². The zero-order chi connectivity index (χ0) is 11.4. The topological polar surface area (TPSA) is 26.0 Å². The van der Waals surface area contributed by atoms with E-state index in [4.69, 9.17) is 28.9 Å². The average molecular weight is 264 g/mol. The average Bonchev–Trinajstić information content (AvgIpc) is 2.08. The van der Waals surface area contributed by atoms with Gasteiger partial charge in [0.25, 0.3) is 0 Å². The molecule has 84 valence electrons. The van der Waals surface area contributed by atoms with Crippen LogP contribution in [-0.4, -0.2) is 5.75 Å². The summed E-state index contributed by atoms with van der Waals surface area (Å²) in [6.07, 6.45) is 1.15. The van der Waals surface area contributed by atoms with Crippen LogP contribution in [0.3, 0.4) is 0 Å². The second kappa shape index (κ2) is 5.88. The Morgan fingerprint density at radius 2 is 1.80 bits per heavy atom. The van der Waals surface area contributed by atoms with E-state index in [1.807, 2.05) is 0 Å². The standard InChI is InChI=1S/C11H15Cl2NS/c1-7(2)3-4-15-11-9(12)5-8(14)6-10(11)13/h5-7H,3-4,14H2,1-2H3. The van der Waals surface area contributed by atoms with E-state index >= 15 is 0 Å². The van der Waals surface area contributed by atoms with Crippen molar-refractivity contribution >= 4 is 40.7 Å². The fourth-order valence-corrected chi connectivity index (χ4v) is 3.13. The highest BCUT2D eigenvalue weighted by atomic mass is 35.5. The highest BCUT2D eigenvalue weighted by Gasteiger charge is 2.08. The molecule has 0 atom stereocenters. The van der Waals surface area contributed by atoms with Gasteiger partial charge in [-0.1, -0.05) is 37.0 Å². The normalized spacial score (nSPS) is 11.0. The van der Waals surface area contributed by atoms with E-state index in [0.29, 0.717) is 21.7 Å². The van der Waals surface area contributed by atoms with Gasteiger partial charge < -0.3 is 5.73 Å². The maximum absolute atomic E-state index is 6.06. The zero-order valence-electron chi connectivity index (χ0n) is 8.89. The summed E-state index contributed by atoms with van der Waals surface area (Å²) < 4.78 is 0. The van der Waals surface area contributed by atoms with Crippen LogP contribution in [0.1, 0.15) is 20.3 Å². The van der Waals surface area contributed by atoms with Gasteiger partial charge in [0.2, 0.25) is 0 Å². The van der Waals surface area contributed by atoms with Crippen molar-refractivity contribution in [2.75, 3.05) is 11.5 Å². The van der Waals surface area contributed by atoms with Crippen molar-refractivity contribution in [3.8, 4) is 0 Å². The van der Waals surface area contributed by atoms with Crippen molar-refractivity contribution in [2.45, 2.75) is 25.2 Å². The molecule has 0 fully saturated rings. The molecule has 15 heavy (non-hydrogen) atoms. The third-order valence-corrected chi connectivity index (χ3v) is 3.95. The molecule has 1 aromatic rings. The van der Waals surface area contributed by atoms with Crippen molar-refractivity contribution in [1.29, 1.82) is 0 Å². The Bertz CT molecular complexity index is 316. The van der Waals surface area contributed by atoms with Gasteiger partial charge >= 0.3 is 0 Å². The van der Waals surface area contributed by atoms with Crippen LogP contribution in [-0.2, 0) is 0 Å². The van der Waals surface area contributed by atoms with Crippen molar-refractivity contribution in [3.05, 3.63) is 22.2 Å². The summed E-state index contributed by atoms with van der Waals surface area (Å²) in [6, 6.07) is 3.48. The van der Waals surface area contributed by atoms with E-state index in [-0.39, 0.29) is 0 Å². The molecule has 0 aliphatic heterocycles. The second-order valence-electron chi connectivity index (χ2n) is 3.84. The van der Waals surface area contributed by atoms with E-state index in [1.54, 1.807) is 23.9 Å². The maximum Gasteiger partial charge on any atom is 0.0577 e. The third-order valence-electron chi connectivity index (χ3n) is 1.96. The number of thioether (sulfide) groups is 1. The largest absolute Gasteiger partial charge is 0.399 e. The number of rotatable bonds is 4. The minimum absolute atomic E-state index is 0.609. The Hall–Kier alpha value is -0.0500. The monoisotopic (exact) mass is 263 g/mol. The summed E-state index contributed by atoms with van der Waals surface area (Å²) in [5.74, 6) is 1.73. The molecule has 0 aliphatic carbocycles. The van der Waals surface area contributed by atoms with E-state index in [2.05, 4.69) is 13.8 Å². The predicted octanol–water partition coefficient (Wildman–Crippen LogP) is 4.71. The SMILES string of the molecule is CC(C)CCSc1c(Cl)cc(N)cc1Cl. The maximum atomic E-state index is 6.06. The van der Waals surface area contributed by atoms with Crippen LogP contribution < -0.4 is 5.73 Å². The quantitative estimate of drug-likeness (QED) is 0.629. The Kier molecular flexibility index (Phi) is 5.10. The Morgan fingerprint density at radius 1 is 1.27 bits per heavy atom. The van der Waals surface area contributed by atoms with E-state index in [9.17, 15) is 0 Å². The number of halogens is 2. The van der Waals surface area contributed by atoms with E-state index in [1.165, 1.54) is 0 Å². The fraction of sp³-hybridized carbons (Fsp3) is 0.455. The van der Waals surface area contributed by atoms with Crippen molar-refractivity contribution < 1.29 is 0 Å². The van der Waals surface area contributed by atoms with Gasteiger partial charge in [-0.15, -0.1) is 11.8 Å². The summed E-state index contributed by atoms with van der Waals surface area (Å²) in [5, 5.41) is 1.29. The van der Waals surface area contributed by atoms with Crippen LogP contribution in [0, 0.1) is 5.92 Å². The van der Waals surface area contributed by atoms with Gasteiger partial charge in [0.1, 0.15) is 0 Å². The molecular weight excluding hydrogens is 249 g/mol. The molecule has 0 saturated carbocycles. The molecule has 2 N–H and O–H groups in total. The molecule has 0 heterocycles. The van der Waals surface area contributed by atoms with Gasteiger partial charge in [0.05, 0.1) is 10.0 Å². The summed E-state index contributed by atoms with van der Waals surface area (Å²) >= 11 is 13.8. The highest BCUT2D eigenvalue weighted by molar-refractivity contribution is 7.99. The zero-order valence-corrected chi connectivity index (χ0v) is 11.2. The van der Waals surface area contributed by atoms with E-state index < -0.39 is 0 Å². The smallest absolute Gasteiger partial charge is 0.0577 e. The summed E-state index contributed by atoms with van der Waals surface area (Å²) in [6.45, 7) is 4.40. The van der Waals surface area contributed by atoms with Crippen molar-refractivity contribution in [1.82, 2.24) is 0 Å². The van der Waals surface area contributed by atoms with Crippen LogP contribution >= 0.6 is 35.0 Å². The molecule has 0 saturated heterocycles. The molecule has 0 aliphatic rings. The first-order chi connectivity index (χ1) is 7.00. The fourth-order valence-electron chi connectivity index (χ4n) is 1.11. The first-order valence-electron chi connectivity index (χ1n) is 4.88. The summed E-state index contributed by atoms with van der Waals surface area (Å²) in [5.41, 5.74) is 6.24. The van der Waals surface area contributed by atoms with Gasteiger partial charge in [-0.3, -0.25) is 0 Å². The third kappa shape index (κ3) is 4.13. The van der Waals surface area contributed by atoms with Crippen LogP contribution in [0.25, 0.3) is 0 Å². The molecular formula is C11H15Cl2NS. The highest BCUT2D eigenvalue weighted by Crippen LogP contribution is 2.36. The van der Waals surface area contributed by atoms with Gasteiger partial charge in [0.15, 0.2) is 0 Å². The molecule has 0 bridgehead atoms. The number of nitrogens with two attached hydrogens (primary N) is 1. The lowest BCUT2D eigenvalue weighted by atomic mass is 10.2. The lowest BCUT2D eigenvalue weighted by molar-refractivity contribution is 0.632. The van der Waals surface area contributed by atoms with Gasteiger partial charge in [-0.2, -0.15) is 0 Å². The summed E-state index contributed by atoms with van der Waals surface area (Å²) in [7, 11) is 0.